The minimum atomic E-state index is -0.825. The average molecular weight is 371 g/mol. The summed E-state index contributed by atoms with van der Waals surface area (Å²) in [4.78, 5) is 6.71. The Kier molecular flexibility index (Phi) is 4.85. The first-order chi connectivity index (χ1) is 13.1. The molecule has 140 valence electrons. The SMILES string of the molecule is COc1cccc(-c2noc(C3CCN(Cc4ccc(F)c(F)c4)C3)n2)c1. The third-order valence-electron chi connectivity index (χ3n) is 4.78. The van der Waals surface area contributed by atoms with Crippen LogP contribution < -0.4 is 4.74 Å². The normalized spacial score (nSPS) is 17.4. The van der Waals surface area contributed by atoms with Crippen molar-refractivity contribution >= 4 is 0 Å². The van der Waals surface area contributed by atoms with Gasteiger partial charge in [0, 0.05) is 18.7 Å². The Hall–Kier alpha value is -2.80. The molecule has 3 aromatic rings. The smallest absolute Gasteiger partial charge is 0.231 e. The van der Waals surface area contributed by atoms with Crippen LogP contribution >= 0.6 is 0 Å². The molecule has 1 unspecified atom stereocenters. The van der Waals surface area contributed by atoms with E-state index in [1.807, 2.05) is 24.3 Å². The van der Waals surface area contributed by atoms with Crippen molar-refractivity contribution in [2.45, 2.75) is 18.9 Å². The van der Waals surface area contributed by atoms with Gasteiger partial charge in [0.15, 0.2) is 11.6 Å². The maximum atomic E-state index is 13.4. The van der Waals surface area contributed by atoms with Crippen molar-refractivity contribution in [3.63, 3.8) is 0 Å². The summed E-state index contributed by atoms with van der Waals surface area (Å²) in [5, 5.41) is 4.09. The standard InChI is InChI=1S/C20H19F2N3O2/c1-26-16-4-2-3-14(10-16)19-23-20(27-24-19)15-7-8-25(12-15)11-13-5-6-17(21)18(22)9-13/h2-6,9-10,15H,7-8,11-12H2,1H3. The van der Waals surface area contributed by atoms with Crippen LogP contribution in [0, 0.1) is 11.6 Å². The van der Waals surface area contributed by atoms with Crippen LogP contribution in [0.4, 0.5) is 8.78 Å². The first kappa shape index (κ1) is 17.6. The summed E-state index contributed by atoms with van der Waals surface area (Å²) in [6.07, 6.45) is 0.878. The van der Waals surface area contributed by atoms with Gasteiger partial charge >= 0.3 is 0 Å². The Balaban J connectivity index is 1.43. The molecule has 0 amide bonds. The lowest BCUT2D eigenvalue weighted by molar-refractivity contribution is 0.308. The van der Waals surface area contributed by atoms with Crippen molar-refractivity contribution in [3.8, 4) is 17.1 Å². The van der Waals surface area contributed by atoms with E-state index in [1.54, 1.807) is 13.2 Å². The van der Waals surface area contributed by atoms with Gasteiger partial charge in [-0.1, -0.05) is 23.4 Å². The molecule has 1 aliphatic heterocycles. The van der Waals surface area contributed by atoms with Crippen molar-refractivity contribution in [1.29, 1.82) is 0 Å². The highest BCUT2D eigenvalue weighted by Crippen LogP contribution is 2.29. The van der Waals surface area contributed by atoms with E-state index >= 15 is 0 Å². The van der Waals surface area contributed by atoms with Crippen LogP contribution in [-0.4, -0.2) is 35.2 Å². The number of methoxy groups -OCH3 is 1. The molecule has 0 aliphatic carbocycles. The average Bonchev–Trinajstić information content (AvgIpc) is 3.34. The van der Waals surface area contributed by atoms with Gasteiger partial charge < -0.3 is 9.26 Å². The van der Waals surface area contributed by atoms with Gasteiger partial charge in [-0.25, -0.2) is 8.78 Å². The van der Waals surface area contributed by atoms with Crippen molar-refractivity contribution < 1.29 is 18.0 Å². The number of halogens is 2. The Bertz CT molecular complexity index is 944. The van der Waals surface area contributed by atoms with Crippen molar-refractivity contribution in [3.05, 3.63) is 65.6 Å². The lowest BCUT2D eigenvalue weighted by Crippen LogP contribution is -2.20. The lowest BCUT2D eigenvalue weighted by atomic mass is 10.1. The van der Waals surface area contributed by atoms with Gasteiger partial charge in [-0.15, -0.1) is 0 Å². The van der Waals surface area contributed by atoms with E-state index < -0.39 is 11.6 Å². The molecule has 1 fully saturated rings. The zero-order chi connectivity index (χ0) is 18.8. The molecule has 0 spiro atoms. The van der Waals surface area contributed by atoms with Crippen molar-refractivity contribution in [2.75, 3.05) is 20.2 Å². The highest BCUT2D eigenvalue weighted by atomic mass is 19.2. The summed E-state index contributed by atoms with van der Waals surface area (Å²) in [5.74, 6) is 0.347. The highest BCUT2D eigenvalue weighted by molar-refractivity contribution is 5.56. The summed E-state index contributed by atoms with van der Waals surface area (Å²) in [5.41, 5.74) is 1.58. The number of hydrogen-bond donors (Lipinski definition) is 0. The molecule has 27 heavy (non-hydrogen) atoms. The predicted molar refractivity (Wildman–Crippen MR) is 95.3 cm³/mol. The van der Waals surface area contributed by atoms with Gasteiger partial charge in [0.05, 0.1) is 13.0 Å². The van der Waals surface area contributed by atoms with Crippen LogP contribution in [-0.2, 0) is 6.54 Å². The van der Waals surface area contributed by atoms with E-state index in [1.165, 1.54) is 6.07 Å². The molecule has 1 saturated heterocycles. The second-order valence-electron chi connectivity index (χ2n) is 6.66. The first-order valence-electron chi connectivity index (χ1n) is 8.76. The van der Waals surface area contributed by atoms with Crippen LogP contribution in [0.5, 0.6) is 5.75 Å². The largest absolute Gasteiger partial charge is 0.497 e. The number of benzene rings is 2. The second-order valence-corrected chi connectivity index (χ2v) is 6.66. The first-order valence-corrected chi connectivity index (χ1v) is 8.76. The zero-order valence-electron chi connectivity index (χ0n) is 14.9. The molecule has 1 aliphatic rings. The second kappa shape index (κ2) is 7.44. The molecule has 1 aromatic heterocycles. The molecule has 0 saturated carbocycles. The minimum Gasteiger partial charge on any atom is -0.497 e. The molecule has 5 nitrogen and oxygen atoms in total. The van der Waals surface area contributed by atoms with Gasteiger partial charge in [0.25, 0.3) is 0 Å². The molecular formula is C20H19F2N3O2. The summed E-state index contributed by atoms with van der Waals surface area (Å²) in [7, 11) is 1.61. The van der Waals surface area contributed by atoms with E-state index in [4.69, 9.17) is 9.26 Å². The highest BCUT2D eigenvalue weighted by Gasteiger charge is 2.28. The van der Waals surface area contributed by atoms with Gasteiger partial charge in [-0.05, 0) is 42.8 Å². The maximum Gasteiger partial charge on any atom is 0.231 e. The third kappa shape index (κ3) is 3.83. The van der Waals surface area contributed by atoms with E-state index in [-0.39, 0.29) is 5.92 Å². The molecule has 1 atom stereocenters. The van der Waals surface area contributed by atoms with E-state index in [0.717, 1.165) is 42.5 Å². The van der Waals surface area contributed by atoms with E-state index in [2.05, 4.69) is 15.0 Å². The van der Waals surface area contributed by atoms with Crippen LogP contribution in [0.1, 0.15) is 23.8 Å². The number of rotatable bonds is 5. The van der Waals surface area contributed by atoms with Crippen LogP contribution in [0.3, 0.4) is 0 Å². The third-order valence-corrected chi connectivity index (χ3v) is 4.78. The van der Waals surface area contributed by atoms with Gasteiger partial charge in [0.1, 0.15) is 5.75 Å². The summed E-state index contributed by atoms with van der Waals surface area (Å²) >= 11 is 0. The van der Waals surface area contributed by atoms with E-state index in [0.29, 0.717) is 18.3 Å². The quantitative estimate of drug-likeness (QED) is 0.678. The Labute approximate surface area is 155 Å². The monoisotopic (exact) mass is 371 g/mol. The van der Waals surface area contributed by atoms with Gasteiger partial charge in [-0.2, -0.15) is 4.98 Å². The molecule has 0 radical (unpaired) electrons. The molecule has 0 bridgehead atoms. The molecule has 7 heteroatoms. The fourth-order valence-electron chi connectivity index (χ4n) is 3.35. The Morgan fingerprint density at radius 2 is 2.07 bits per heavy atom. The van der Waals surface area contributed by atoms with Crippen LogP contribution in [0.2, 0.25) is 0 Å². The number of nitrogens with zero attached hydrogens (tertiary/aromatic N) is 3. The van der Waals surface area contributed by atoms with Crippen LogP contribution in [0.25, 0.3) is 11.4 Å². The molecule has 0 N–H and O–H groups in total. The molecule has 2 heterocycles. The Morgan fingerprint density at radius 1 is 1.19 bits per heavy atom. The molecular weight excluding hydrogens is 352 g/mol. The number of ether oxygens (including phenoxy) is 1. The zero-order valence-corrected chi connectivity index (χ0v) is 14.9. The fourth-order valence-corrected chi connectivity index (χ4v) is 3.35. The lowest BCUT2D eigenvalue weighted by Gasteiger charge is -2.15. The van der Waals surface area contributed by atoms with Crippen LogP contribution in [0.15, 0.2) is 47.0 Å². The summed E-state index contributed by atoms with van der Waals surface area (Å²) < 4.78 is 37.1. The van der Waals surface area contributed by atoms with Gasteiger partial charge in [0.2, 0.25) is 11.7 Å². The van der Waals surface area contributed by atoms with E-state index in [9.17, 15) is 8.78 Å². The maximum absolute atomic E-state index is 13.4. The van der Waals surface area contributed by atoms with Crippen molar-refractivity contribution in [1.82, 2.24) is 15.0 Å². The van der Waals surface area contributed by atoms with Gasteiger partial charge in [-0.3, -0.25) is 4.90 Å². The topological polar surface area (TPSA) is 51.4 Å². The Morgan fingerprint density at radius 3 is 2.89 bits per heavy atom. The summed E-state index contributed by atoms with van der Waals surface area (Å²) in [6, 6.07) is 11.5. The van der Waals surface area contributed by atoms with Crippen molar-refractivity contribution in [2.24, 2.45) is 0 Å². The predicted octanol–water partition coefficient (Wildman–Crippen LogP) is 4.01. The minimum absolute atomic E-state index is 0.127. The summed E-state index contributed by atoms with van der Waals surface area (Å²) in [6.45, 7) is 2.13. The number of aromatic nitrogens is 2. The number of hydrogen-bond acceptors (Lipinski definition) is 5. The number of likely N-dealkylation sites (tertiary alicyclic amines) is 1. The fraction of sp³-hybridized carbons (Fsp3) is 0.300. The molecule has 2 aromatic carbocycles. The molecule has 4 rings (SSSR count).